The van der Waals surface area contributed by atoms with E-state index in [1.807, 2.05) is 5.43 Å². The molecule has 0 saturated carbocycles. The molecule has 1 aromatic carbocycles. The zero-order chi connectivity index (χ0) is 12.1. The van der Waals surface area contributed by atoms with Gasteiger partial charge in [0.1, 0.15) is 0 Å². The number of aromatic hydroxyl groups is 2. The summed E-state index contributed by atoms with van der Waals surface area (Å²) in [6.07, 6.45) is -1.41. The van der Waals surface area contributed by atoms with Crippen LogP contribution in [0.3, 0.4) is 0 Å². The number of hydrazine groups is 1. The van der Waals surface area contributed by atoms with Gasteiger partial charge < -0.3 is 20.6 Å². The van der Waals surface area contributed by atoms with Crippen molar-refractivity contribution in [2.24, 2.45) is 0 Å². The topological polar surface area (TPSA) is 131 Å². The van der Waals surface area contributed by atoms with E-state index in [1.54, 1.807) is 5.43 Å². The summed E-state index contributed by atoms with van der Waals surface area (Å²) in [5, 5.41) is 28.5. The minimum absolute atomic E-state index is 0.194. The molecule has 0 aliphatic rings. The summed E-state index contributed by atoms with van der Waals surface area (Å²) >= 11 is 0. The average Bonchev–Trinajstić information content (AvgIpc) is 2.21. The standard InChI is InChI=1S/C8H9N3O5/c12-5-2-1-4(3-6(5)13)9-7(14)10-11-8(15)16/h1-3,11-13H,(H,15,16)(H2,9,10,14). The van der Waals surface area contributed by atoms with E-state index in [4.69, 9.17) is 15.3 Å². The van der Waals surface area contributed by atoms with Crippen molar-refractivity contribution in [3.05, 3.63) is 18.2 Å². The molecule has 1 rings (SSSR count). The van der Waals surface area contributed by atoms with Crippen molar-refractivity contribution in [3.63, 3.8) is 0 Å². The highest BCUT2D eigenvalue weighted by Crippen LogP contribution is 2.27. The Morgan fingerprint density at radius 1 is 1.06 bits per heavy atom. The summed E-state index contributed by atoms with van der Waals surface area (Å²) in [5.74, 6) is -0.724. The van der Waals surface area contributed by atoms with E-state index in [-0.39, 0.29) is 11.4 Å². The lowest BCUT2D eigenvalue weighted by molar-refractivity contribution is 0.188. The molecule has 0 radical (unpaired) electrons. The maximum absolute atomic E-state index is 11.0. The van der Waals surface area contributed by atoms with E-state index >= 15 is 0 Å². The summed E-state index contributed by atoms with van der Waals surface area (Å²) in [6.45, 7) is 0. The van der Waals surface area contributed by atoms with E-state index in [2.05, 4.69) is 5.32 Å². The minimum Gasteiger partial charge on any atom is -0.504 e. The lowest BCUT2D eigenvalue weighted by Crippen LogP contribution is -2.43. The number of carbonyl (C=O) groups excluding carboxylic acids is 1. The molecule has 8 nitrogen and oxygen atoms in total. The Balaban J connectivity index is 2.56. The first kappa shape index (κ1) is 11.4. The Hall–Kier alpha value is -2.64. The lowest BCUT2D eigenvalue weighted by Gasteiger charge is -2.07. The molecular weight excluding hydrogens is 218 g/mol. The first-order chi connectivity index (χ1) is 7.49. The van der Waals surface area contributed by atoms with Gasteiger partial charge in [-0.15, -0.1) is 0 Å². The van der Waals surface area contributed by atoms with E-state index in [0.29, 0.717) is 0 Å². The van der Waals surface area contributed by atoms with Gasteiger partial charge in [-0.3, -0.25) is 0 Å². The van der Waals surface area contributed by atoms with Crippen LogP contribution in [-0.2, 0) is 0 Å². The highest BCUT2D eigenvalue weighted by atomic mass is 16.4. The van der Waals surface area contributed by atoms with Gasteiger partial charge in [0, 0.05) is 11.8 Å². The zero-order valence-corrected chi connectivity index (χ0v) is 7.89. The third-order valence-corrected chi connectivity index (χ3v) is 1.52. The summed E-state index contributed by atoms with van der Waals surface area (Å²) in [6, 6.07) is 2.79. The Kier molecular flexibility index (Phi) is 3.38. The number of carboxylic acid groups (broad SMARTS) is 1. The maximum atomic E-state index is 11.0. The minimum atomic E-state index is -1.41. The smallest absolute Gasteiger partial charge is 0.423 e. The van der Waals surface area contributed by atoms with Crippen LogP contribution >= 0.6 is 0 Å². The fourth-order valence-electron chi connectivity index (χ4n) is 0.874. The molecule has 0 heterocycles. The predicted molar refractivity (Wildman–Crippen MR) is 53.1 cm³/mol. The number of rotatable bonds is 1. The van der Waals surface area contributed by atoms with Crippen LogP contribution in [0.25, 0.3) is 0 Å². The first-order valence-electron chi connectivity index (χ1n) is 4.07. The first-order valence-corrected chi connectivity index (χ1v) is 4.07. The predicted octanol–water partition coefficient (Wildman–Crippen LogP) is 0.402. The number of hydrogen-bond donors (Lipinski definition) is 6. The lowest BCUT2D eigenvalue weighted by atomic mass is 10.3. The molecule has 0 saturated heterocycles. The molecule has 3 amide bonds. The second kappa shape index (κ2) is 4.73. The van der Waals surface area contributed by atoms with Gasteiger partial charge in [0.25, 0.3) is 0 Å². The summed E-state index contributed by atoms with van der Waals surface area (Å²) in [7, 11) is 0. The second-order valence-corrected chi connectivity index (χ2v) is 2.71. The van der Waals surface area contributed by atoms with Crippen molar-refractivity contribution in [2.45, 2.75) is 0 Å². The largest absolute Gasteiger partial charge is 0.504 e. The third kappa shape index (κ3) is 3.25. The quantitative estimate of drug-likeness (QED) is 0.235. The van der Waals surface area contributed by atoms with Crippen LogP contribution in [0.4, 0.5) is 15.3 Å². The van der Waals surface area contributed by atoms with E-state index in [0.717, 1.165) is 6.07 Å². The average molecular weight is 227 g/mol. The molecular formula is C8H9N3O5. The normalized spacial score (nSPS) is 9.25. The molecule has 0 aromatic heterocycles. The van der Waals surface area contributed by atoms with Crippen molar-refractivity contribution in [2.75, 3.05) is 5.32 Å². The zero-order valence-electron chi connectivity index (χ0n) is 7.89. The van der Waals surface area contributed by atoms with Crippen LogP contribution < -0.4 is 16.2 Å². The molecule has 0 aliphatic heterocycles. The van der Waals surface area contributed by atoms with Gasteiger partial charge in [-0.2, -0.15) is 0 Å². The molecule has 0 atom stereocenters. The fourth-order valence-corrected chi connectivity index (χ4v) is 0.874. The molecule has 6 N–H and O–H groups in total. The van der Waals surface area contributed by atoms with Gasteiger partial charge in [-0.1, -0.05) is 0 Å². The monoisotopic (exact) mass is 227 g/mol. The summed E-state index contributed by atoms with van der Waals surface area (Å²) in [5.41, 5.74) is 3.65. The van der Waals surface area contributed by atoms with E-state index in [9.17, 15) is 9.59 Å². The number of anilines is 1. The van der Waals surface area contributed by atoms with Gasteiger partial charge in [0.2, 0.25) is 0 Å². The second-order valence-electron chi connectivity index (χ2n) is 2.71. The number of hydrogen-bond acceptors (Lipinski definition) is 4. The number of carbonyl (C=O) groups is 2. The van der Waals surface area contributed by atoms with E-state index < -0.39 is 17.9 Å². The van der Waals surface area contributed by atoms with Crippen molar-refractivity contribution in [3.8, 4) is 11.5 Å². The van der Waals surface area contributed by atoms with Crippen molar-refractivity contribution >= 4 is 17.8 Å². The number of urea groups is 1. The molecule has 0 fully saturated rings. The molecule has 16 heavy (non-hydrogen) atoms. The molecule has 86 valence electrons. The van der Waals surface area contributed by atoms with Crippen molar-refractivity contribution in [1.29, 1.82) is 0 Å². The number of nitrogens with one attached hydrogen (secondary N) is 3. The van der Waals surface area contributed by atoms with Crippen LogP contribution in [0.15, 0.2) is 18.2 Å². The van der Waals surface area contributed by atoms with Crippen LogP contribution in [0.5, 0.6) is 11.5 Å². The van der Waals surface area contributed by atoms with Gasteiger partial charge in [-0.05, 0) is 12.1 Å². The Morgan fingerprint density at radius 2 is 1.75 bits per heavy atom. The highest BCUT2D eigenvalue weighted by Gasteiger charge is 2.05. The van der Waals surface area contributed by atoms with Crippen molar-refractivity contribution in [1.82, 2.24) is 10.9 Å². The molecule has 0 aliphatic carbocycles. The summed E-state index contributed by atoms with van der Waals surface area (Å²) < 4.78 is 0. The fraction of sp³-hybridized carbons (Fsp3) is 0. The van der Waals surface area contributed by atoms with Crippen LogP contribution in [0, 0.1) is 0 Å². The van der Waals surface area contributed by atoms with Crippen LogP contribution in [0.1, 0.15) is 0 Å². The van der Waals surface area contributed by atoms with Gasteiger partial charge in [0.05, 0.1) is 0 Å². The number of benzene rings is 1. The molecule has 1 aromatic rings. The Bertz CT molecular complexity index is 420. The molecule has 0 unspecified atom stereocenters. The van der Waals surface area contributed by atoms with Crippen LogP contribution in [-0.4, -0.2) is 27.4 Å². The highest BCUT2D eigenvalue weighted by molar-refractivity contribution is 5.90. The van der Waals surface area contributed by atoms with Crippen molar-refractivity contribution < 1.29 is 24.9 Å². The molecule has 8 heteroatoms. The van der Waals surface area contributed by atoms with Gasteiger partial charge in [-0.25, -0.2) is 20.4 Å². The number of amides is 3. The number of phenolic OH excluding ortho intramolecular Hbond substituents is 2. The molecule has 0 spiro atoms. The van der Waals surface area contributed by atoms with E-state index in [1.165, 1.54) is 12.1 Å². The SMILES string of the molecule is O=C(O)NNC(=O)Nc1ccc(O)c(O)c1. The Labute approximate surface area is 89.5 Å². The molecule has 0 bridgehead atoms. The summed E-state index contributed by atoms with van der Waals surface area (Å²) in [4.78, 5) is 21.0. The van der Waals surface area contributed by atoms with Gasteiger partial charge >= 0.3 is 12.1 Å². The van der Waals surface area contributed by atoms with Crippen LogP contribution in [0.2, 0.25) is 0 Å². The number of phenols is 2. The Morgan fingerprint density at radius 3 is 2.31 bits per heavy atom. The third-order valence-electron chi connectivity index (χ3n) is 1.52. The van der Waals surface area contributed by atoms with Gasteiger partial charge in [0.15, 0.2) is 11.5 Å². The maximum Gasteiger partial charge on any atom is 0.423 e.